The molecule has 0 aliphatic rings. The maximum absolute atomic E-state index is 11.5. The molecule has 1 rings (SSSR count). The van der Waals surface area contributed by atoms with Crippen LogP contribution in [0.2, 0.25) is 0 Å². The van der Waals surface area contributed by atoms with Crippen LogP contribution in [-0.2, 0) is 0 Å². The molecule has 16 heavy (non-hydrogen) atoms. The van der Waals surface area contributed by atoms with Gasteiger partial charge in [-0.1, -0.05) is 22.0 Å². The van der Waals surface area contributed by atoms with Gasteiger partial charge in [0.1, 0.15) is 0 Å². The van der Waals surface area contributed by atoms with Crippen molar-refractivity contribution in [2.75, 3.05) is 17.7 Å². The molecule has 0 fully saturated rings. The molecule has 0 atom stereocenters. The van der Waals surface area contributed by atoms with Gasteiger partial charge < -0.3 is 5.32 Å². The molecule has 0 saturated carbocycles. The molecule has 0 saturated heterocycles. The van der Waals surface area contributed by atoms with Gasteiger partial charge in [-0.05, 0) is 18.2 Å². The summed E-state index contributed by atoms with van der Waals surface area (Å²) in [6.07, 6.45) is 0. The first-order valence-corrected chi connectivity index (χ1v) is 5.73. The molecule has 0 spiro atoms. The van der Waals surface area contributed by atoms with E-state index >= 15 is 0 Å². The van der Waals surface area contributed by atoms with Crippen molar-refractivity contribution in [3.05, 3.63) is 33.6 Å². The van der Waals surface area contributed by atoms with Crippen LogP contribution in [0.25, 0.3) is 0 Å². The highest BCUT2D eigenvalue weighted by atomic mass is 79.9. The van der Waals surface area contributed by atoms with Crippen molar-refractivity contribution in [1.82, 2.24) is 5.01 Å². The van der Waals surface area contributed by atoms with Crippen LogP contribution in [0.5, 0.6) is 0 Å². The summed E-state index contributed by atoms with van der Waals surface area (Å²) >= 11 is 8.68. The Labute approximate surface area is 106 Å². The monoisotopic (exact) mass is 305 g/mol. The Kier molecular flexibility index (Phi) is 5.21. The van der Waals surface area contributed by atoms with Crippen LogP contribution in [-0.4, -0.2) is 23.5 Å². The van der Waals surface area contributed by atoms with E-state index in [4.69, 9.17) is 11.6 Å². The van der Waals surface area contributed by atoms with E-state index < -0.39 is 6.03 Å². The maximum atomic E-state index is 11.5. The third kappa shape index (κ3) is 3.79. The van der Waals surface area contributed by atoms with Gasteiger partial charge in [-0.2, -0.15) is 5.01 Å². The van der Waals surface area contributed by atoms with Crippen molar-refractivity contribution >= 4 is 39.2 Å². The Morgan fingerprint density at radius 1 is 1.56 bits per heavy atom. The zero-order valence-electron chi connectivity index (χ0n) is 8.19. The summed E-state index contributed by atoms with van der Waals surface area (Å²) < 4.78 is 0.827. The van der Waals surface area contributed by atoms with Crippen molar-refractivity contribution in [3.63, 3.8) is 0 Å². The number of carbonyl (C=O) groups is 1. The molecule has 0 aliphatic carbocycles. The number of hydrogen-bond donors (Lipinski definition) is 1. The fourth-order valence-corrected chi connectivity index (χ4v) is 1.57. The number of amides is 2. The van der Waals surface area contributed by atoms with Gasteiger partial charge in [-0.15, -0.1) is 16.5 Å². The lowest BCUT2D eigenvalue weighted by molar-refractivity contribution is 0.216. The van der Waals surface area contributed by atoms with E-state index in [0.717, 1.165) is 9.48 Å². The van der Waals surface area contributed by atoms with E-state index in [2.05, 4.69) is 26.5 Å². The van der Waals surface area contributed by atoms with E-state index in [1.807, 2.05) is 6.07 Å². The minimum absolute atomic E-state index is 0.0743. The predicted molar refractivity (Wildman–Crippen MR) is 66.4 cm³/mol. The van der Waals surface area contributed by atoms with Crippen LogP contribution in [0.3, 0.4) is 0 Å². The van der Waals surface area contributed by atoms with Gasteiger partial charge in [0, 0.05) is 16.0 Å². The number of nitrogens with one attached hydrogen (secondary N) is 1. The molecule has 0 bridgehead atoms. The zero-order chi connectivity index (χ0) is 12.0. The molecule has 1 aromatic rings. The number of urea groups is 1. The second kappa shape index (κ2) is 6.44. The molecule has 1 aromatic carbocycles. The zero-order valence-corrected chi connectivity index (χ0v) is 10.5. The fraction of sp³-hybridized carbons (Fsp3) is 0.222. The Morgan fingerprint density at radius 2 is 2.31 bits per heavy atom. The highest BCUT2D eigenvalue weighted by Gasteiger charge is 2.13. The molecular weight excluding hydrogens is 297 g/mol. The number of nitroso groups, excluding NO2 is 1. The van der Waals surface area contributed by atoms with Crippen LogP contribution in [0.4, 0.5) is 10.5 Å². The van der Waals surface area contributed by atoms with Crippen LogP contribution in [0.1, 0.15) is 0 Å². The SMILES string of the molecule is O=NN(CCCl)C(=O)Nc1cccc(Br)c1. The molecule has 5 nitrogen and oxygen atoms in total. The quantitative estimate of drug-likeness (QED) is 0.527. The minimum atomic E-state index is -0.603. The van der Waals surface area contributed by atoms with Crippen molar-refractivity contribution in [2.24, 2.45) is 5.29 Å². The summed E-state index contributed by atoms with van der Waals surface area (Å²) in [4.78, 5) is 21.8. The van der Waals surface area contributed by atoms with Gasteiger partial charge >= 0.3 is 6.03 Å². The van der Waals surface area contributed by atoms with Crippen LogP contribution < -0.4 is 5.32 Å². The maximum Gasteiger partial charge on any atom is 0.344 e. The molecule has 7 heteroatoms. The first-order valence-electron chi connectivity index (χ1n) is 4.40. The number of nitrogens with zero attached hydrogens (tertiary/aromatic N) is 2. The van der Waals surface area contributed by atoms with E-state index in [9.17, 15) is 9.70 Å². The van der Waals surface area contributed by atoms with Crippen molar-refractivity contribution in [2.45, 2.75) is 0 Å². The Bertz CT molecular complexity index is 389. The van der Waals surface area contributed by atoms with Crippen molar-refractivity contribution in [1.29, 1.82) is 0 Å². The molecule has 0 aliphatic heterocycles. The highest BCUT2D eigenvalue weighted by Crippen LogP contribution is 2.16. The molecule has 0 aromatic heterocycles. The normalized spacial score (nSPS) is 9.62. The lowest BCUT2D eigenvalue weighted by Crippen LogP contribution is -2.31. The van der Waals surface area contributed by atoms with Gasteiger partial charge in [0.15, 0.2) is 0 Å². The first kappa shape index (κ1) is 12.9. The fourth-order valence-electron chi connectivity index (χ4n) is 1.01. The number of alkyl halides is 1. The second-order valence-electron chi connectivity index (χ2n) is 2.83. The number of benzene rings is 1. The molecular formula is C9H9BrClN3O2. The van der Waals surface area contributed by atoms with E-state index in [1.54, 1.807) is 18.2 Å². The summed E-state index contributed by atoms with van der Waals surface area (Å²) in [6, 6.07) is 6.40. The first-order chi connectivity index (χ1) is 7.67. The lowest BCUT2D eigenvalue weighted by atomic mass is 10.3. The lowest BCUT2D eigenvalue weighted by Gasteiger charge is -2.12. The molecule has 2 amide bonds. The van der Waals surface area contributed by atoms with Gasteiger partial charge in [-0.3, -0.25) is 0 Å². The molecule has 86 valence electrons. The molecule has 0 radical (unpaired) electrons. The number of carbonyl (C=O) groups excluding carboxylic acids is 1. The van der Waals surface area contributed by atoms with Crippen LogP contribution in [0.15, 0.2) is 34.0 Å². The number of rotatable bonds is 4. The smallest absolute Gasteiger partial charge is 0.306 e. The average Bonchev–Trinajstić information content (AvgIpc) is 2.25. The number of hydrogen-bond acceptors (Lipinski definition) is 3. The van der Waals surface area contributed by atoms with E-state index in [1.165, 1.54) is 0 Å². The van der Waals surface area contributed by atoms with Crippen LogP contribution in [0, 0.1) is 4.91 Å². The topological polar surface area (TPSA) is 61.8 Å². The molecule has 0 unspecified atom stereocenters. The third-order valence-electron chi connectivity index (χ3n) is 1.71. The Balaban J connectivity index is 2.66. The van der Waals surface area contributed by atoms with Gasteiger partial charge in [-0.25, -0.2) is 4.79 Å². The summed E-state index contributed by atoms with van der Waals surface area (Å²) in [5.41, 5.74) is 0.572. The number of anilines is 1. The van der Waals surface area contributed by atoms with Crippen molar-refractivity contribution < 1.29 is 4.79 Å². The van der Waals surface area contributed by atoms with E-state index in [-0.39, 0.29) is 12.4 Å². The summed E-state index contributed by atoms with van der Waals surface area (Å²) in [5, 5.41) is 5.82. The summed E-state index contributed by atoms with van der Waals surface area (Å²) in [7, 11) is 0. The van der Waals surface area contributed by atoms with Crippen LogP contribution >= 0.6 is 27.5 Å². The molecule has 1 N–H and O–H groups in total. The van der Waals surface area contributed by atoms with Crippen molar-refractivity contribution in [3.8, 4) is 0 Å². The van der Waals surface area contributed by atoms with Gasteiger partial charge in [0.2, 0.25) is 0 Å². The predicted octanol–water partition coefficient (Wildman–Crippen LogP) is 3.20. The third-order valence-corrected chi connectivity index (χ3v) is 2.37. The average molecular weight is 307 g/mol. The van der Waals surface area contributed by atoms with Gasteiger partial charge in [0.25, 0.3) is 0 Å². The Hall–Kier alpha value is -1.14. The highest BCUT2D eigenvalue weighted by molar-refractivity contribution is 9.10. The Morgan fingerprint density at radius 3 is 2.88 bits per heavy atom. The molecule has 0 heterocycles. The second-order valence-corrected chi connectivity index (χ2v) is 4.13. The minimum Gasteiger partial charge on any atom is -0.306 e. The summed E-state index contributed by atoms with van der Waals surface area (Å²) in [6.45, 7) is 0.0743. The van der Waals surface area contributed by atoms with Gasteiger partial charge in [0.05, 0.1) is 11.8 Å². The largest absolute Gasteiger partial charge is 0.344 e. The van der Waals surface area contributed by atoms with E-state index in [0.29, 0.717) is 5.69 Å². The number of halogens is 2. The standard InChI is InChI=1S/C9H9BrClN3O2/c10-7-2-1-3-8(6-7)12-9(15)14(13-16)5-4-11/h1-3,6H,4-5H2,(H,12,15). The summed E-state index contributed by atoms with van der Waals surface area (Å²) in [5.74, 6) is 0.150.